The summed E-state index contributed by atoms with van der Waals surface area (Å²) in [6.07, 6.45) is -1.44. The molecule has 3 atom stereocenters. The van der Waals surface area contributed by atoms with Gasteiger partial charge < -0.3 is 14.9 Å². The van der Waals surface area contributed by atoms with Gasteiger partial charge in [-0.25, -0.2) is 0 Å². The second-order valence-corrected chi connectivity index (χ2v) is 5.35. The van der Waals surface area contributed by atoms with E-state index in [0.29, 0.717) is 19.6 Å². The molecule has 1 fully saturated rings. The highest BCUT2D eigenvalue weighted by Gasteiger charge is 2.31. The van der Waals surface area contributed by atoms with Crippen molar-refractivity contribution in [1.82, 2.24) is 4.90 Å². The van der Waals surface area contributed by atoms with Gasteiger partial charge in [0, 0.05) is 19.6 Å². The van der Waals surface area contributed by atoms with E-state index in [0.717, 1.165) is 5.56 Å². The van der Waals surface area contributed by atoms with Gasteiger partial charge in [-0.1, -0.05) is 37.3 Å². The molecule has 0 amide bonds. The van der Waals surface area contributed by atoms with Gasteiger partial charge in [0.25, 0.3) is 0 Å². The molecule has 5 heteroatoms. The molecule has 0 radical (unpaired) electrons. The third-order valence-electron chi connectivity index (χ3n) is 3.49. The maximum atomic E-state index is 11.9. The Morgan fingerprint density at radius 3 is 2.50 bits per heavy atom. The second-order valence-electron chi connectivity index (χ2n) is 5.35. The molecule has 1 heterocycles. The number of aliphatic hydroxyl groups is 2. The van der Waals surface area contributed by atoms with Crippen LogP contribution in [0, 0.1) is 5.92 Å². The highest BCUT2D eigenvalue weighted by molar-refractivity contribution is 5.72. The van der Waals surface area contributed by atoms with Crippen LogP contribution >= 0.6 is 0 Å². The molecule has 110 valence electrons. The number of β-amino-alcohol motifs (C(OH)–C–C–N with tert-alkyl or cyclic N) is 2. The lowest BCUT2D eigenvalue weighted by molar-refractivity contribution is -0.149. The minimum Gasteiger partial charge on any atom is -0.461 e. The average Bonchev–Trinajstić information content (AvgIpc) is 2.75. The summed E-state index contributed by atoms with van der Waals surface area (Å²) >= 11 is 0. The van der Waals surface area contributed by atoms with Crippen molar-refractivity contribution < 1.29 is 19.7 Å². The van der Waals surface area contributed by atoms with Crippen LogP contribution in [0.2, 0.25) is 0 Å². The number of nitrogens with zero attached hydrogens (tertiary/aromatic N) is 1. The Morgan fingerprint density at radius 1 is 1.30 bits per heavy atom. The molecular weight excluding hydrogens is 258 g/mol. The Bertz CT molecular complexity index is 427. The summed E-state index contributed by atoms with van der Waals surface area (Å²) in [5.41, 5.74) is 0.958. The fourth-order valence-corrected chi connectivity index (χ4v) is 2.33. The number of likely N-dealkylation sites (tertiary alicyclic amines) is 1. The summed E-state index contributed by atoms with van der Waals surface area (Å²) in [6.45, 7) is 3.36. The predicted octanol–water partition coefficient (Wildman–Crippen LogP) is 0.403. The lowest BCUT2D eigenvalue weighted by atomic mass is 10.1. The van der Waals surface area contributed by atoms with Crippen LogP contribution in [0.4, 0.5) is 0 Å². The lowest BCUT2D eigenvalue weighted by Crippen LogP contribution is -2.32. The third-order valence-corrected chi connectivity index (χ3v) is 3.49. The number of ether oxygens (including phenoxy) is 1. The van der Waals surface area contributed by atoms with Crippen LogP contribution in [-0.2, 0) is 16.1 Å². The lowest BCUT2D eigenvalue weighted by Gasteiger charge is -2.19. The van der Waals surface area contributed by atoms with Crippen LogP contribution in [0.1, 0.15) is 12.5 Å². The third kappa shape index (κ3) is 4.03. The fraction of sp³-hybridized carbons (Fsp3) is 0.533. The average molecular weight is 279 g/mol. The Morgan fingerprint density at radius 2 is 1.90 bits per heavy atom. The monoisotopic (exact) mass is 279 g/mol. The molecule has 2 rings (SSSR count). The molecular formula is C15H21NO4. The van der Waals surface area contributed by atoms with Crippen molar-refractivity contribution in [3.8, 4) is 0 Å². The van der Waals surface area contributed by atoms with Gasteiger partial charge in [-0.05, 0) is 5.56 Å². The molecule has 1 aliphatic rings. The van der Waals surface area contributed by atoms with Crippen LogP contribution in [0.25, 0.3) is 0 Å². The molecule has 1 aliphatic heterocycles. The second kappa shape index (κ2) is 6.83. The molecule has 0 spiro atoms. The van der Waals surface area contributed by atoms with Gasteiger partial charge >= 0.3 is 5.97 Å². The van der Waals surface area contributed by atoms with Gasteiger partial charge in [-0.2, -0.15) is 0 Å². The Balaban J connectivity index is 1.75. The number of carbonyl (C=O) groups is 1. The highest BCUT2D eigenvalue weighted by Crippen LogP contribution is 2.13. The first-order chi connectivity index (χ1) is 9.56. The van der Waals surface area contributed by atoms with Gasteiger partial charge in [-0.15, -0.1) is 0 Å². The normalized spacial score (nSPS) is 24.6. The smallest absolute Gasteiger partial charge is 0.310 e. The van der Waals surface area contributed by atoms with E-state index in [1.54, 1.807) is 6.92 Å². The van der Waals surface area contributed by atoms with E-state index in [1.807, 2.05) is 35.2 Å². The zero-order valence-electron chi connectivity index (χ0n) is 11.6. The Labute approximate surface area is 118 Å². The first-order valence-electron chi connectivity index (χ1n) is 6.85. The minimum absolute atomic E-state index is 0.260. The molecule has 0 aromatic heterocycles. The van der Waals surface area contributed by atoms with Crippen molar-refractivity contribution in [2.75, 3.05) is 19.6 Å². The number of hydrogen-bond donors (Lipinski definition) is 2. The molecule has 1 aromatic rings. The molecule has 2 N–H and O–H groups in total. The first-order valence-corrected chi connectivity index (χ1v) is 6.85. The molecule has 0 saturated carbocycles. The summed E-state index contributed by atoms with van der Waals surface area (Å²) in [7, 11) is 0. The van der Waals surface area contributed by atoms with Gasteiger partial charge in [0.1, 0.15) is 6.61 Å². The van der Waals surface area contributed by atoms with E-state index in [2.05, 4.69) is 0 Å². The molecule has 5 nitrogen and oxygen atoms in total. The van der Waals surface area contributed by atoms with Crippen molar-refractivity contribution >= 4 is 5.97 Å². The van der Waals surface area contributed by atoms with E-state index in [1.165, 1.54) is 0 Å². The van der Waals surface area contributed by atoms with Crippen LogP contribution in [0.3, 0.4) is 0 Å². The summed E-state index contributed by atoms with van der Waals surface area (Å²) in [5, 5.41) is 18.9. The van der Waals surface area contributed by atoms with E-state index < -0.39 is 12.2 Å². The minimum atomic E-state index is -0.720. The number of rotatable bonds is 5. The molecule has 0 bridgehead atoms. The van der Waals surface area contributed by atoms with Crippen LogP contribution in [-0.4, -0.2) is 52.9 Å². The standard InChI is InChI=1S/C15H21NO4/c1-11(7-16-8-13(17)14(18)9-16)15(19)20-10-12-5-3-2-4-6-12/h2-6,11,13-14,17-18H,7-10H2,1H3. The van der Waals surface area contributed by atoms with E-state index in [9.17, 15) is 15.0 Å². The van der Waals surface area contributed by atoms with E-state index in [-0.39, 0.29) is 18.5 Å². The van der Waals surface area contributed by atoms with Gasteiger partial charge in [0.05, 0.1) is 18.1 Å². The first kappa shape index (κ1) is 15.0. The number of aliphatic hydroxyl groups excluding tert-OH is 2. The van der Waals surface area contributed by atoms with Gasteiger partial charge in [0.2, 0.25) is 0 Å². The molecule has 1 saturated heterocycles. The summed E-state index contributed by atoms with van der Waals surface area (Å²) in [5.74, 6) is -0.541. The zero-order valence-corrected chi connectivity index (χ0v) is 11.6. The van der Waals surface area contributed by atoms with Crippen LogP contribution < -0.4 is 0 Å². The number of esters is 1. The largest absolute Gasteiger partial charge is 0.461 e. The molecule has 3 unspecified atom stereocenters. The fourth-order valence-electron chi connectivity index (χ4n) is 2.33. The van der Waals surface area contributed by atoms with E-state index in [4.69, 9.17) is 4.74 Å². The van der Waals surface area contributed by atoms with Crippen molar-refractivity contribution in [3.05, 3.63) is 35.9 Å². The molecule has 0 aliphatic carbocycles. The summed E-state index contributed by atoms with van der Waals surface area (Å²) in [6, 6.07) is 9.54. The maximum absolute atomic E-state index is 11.9. The summed E-state index contributed by atoms with van der Waals surface area (Å²) in [4.78, 5) is 13.8. The Kier molecular flexibility index (Phi) is 5.11. The Hall–Kier alpha value is -1.43. The van der Waals surface area contributed by atoms with Crippen LogP contribution in [0.15, 0.2) is 30.3 Å². The number of benzene rings is 1. The van der Waals surface area contributed by atoms with Crippen molar-refractivity contribution in [3.63, 3.8) is 0 Å². The van der Waals surface area contributed by atoms with E-state index >= 15 is 0 Å². The van der Waals surface area contributed by atoms with Crippen molar-refractivity contribution in [2.24, 2.45) is 5.92 Å². The molecule has 1 aromatic carbocycles. The topological polar surface area (TPSA) is 70.0 Å². The van der Waals surface area contributed by atoms with Crippen LogP contribution in [0.5, 0.6) is 0 Å². The zero-order chi connectivity index (χ0) is 14.5. The maximum Gasteiger partial charge on any atom is 0.310 e. The quantitative estimate of drug-likeness (QED) is 0.764. The van der Waals surface area contributed by atoms with Crippen molar-refractivity contribution in [1.29, 1.82) is 0 Å². The van der Waals surface area contributed by atoms with Gasteiger partial charge in [0.15, 0.2) is 0 Å². The summed E-state index contributed by atoms with van der Waals surface area (Å²) < 4.78 is 5.26. The number of carbonyl (C=O) groups excluding carboxylic acids is 1. The highest BCUT2D eigenvalue weighted by atomic mass is 16.5. The van der Waals surface area contributed by atoms with Gasteiger partial charge in [-0.3, -0.25) is 9.69 Å². The SMILES string of the molecule is CC(CN1CC(O)C(O)C1)C(=O)OCc1ccccc1. The number of hydrogen-bond acceptors (Lipinski definition) is 5. The van der Waals surface area contributed by atoms with Crippen molar-refractivity contribution in [2.45, 2.75) is 25.7 Å². The predicted molar refractivity (Wildman–Crippen MR) is 73.9 cm³/mol. The molecule has 20 heavy (non-hydrogen) atoms.